The van der Waals surface area contributed by atoms with E-state index < -0.39 is 6.16 Å². The average Bonchev–Trinajstić information content (AvgIpc) is 0.811. The summed E-state index contributed by atoms with van der Waals surface area (Å²) in [5.41, 5.74) is 0. The van der Waals surface area contributed by atoms with Crippen molar-refractivity contribution < 1.29 is 46.0 Å². The quantitative estimate of drug-likeness (QED) is 0.450. The minimum absolute atomic E-state index is 0. The Bertz CT molecular complexity index is 37.9. The van der Waals surface area contributed by atoms with E-state index in [9.17, 15) is 0 Å². The zero-order chi connectivity index (χ0) is 3.58. The van der Waals surface area contributed by atoms with Crippen molar-refractivity contribution in [2.24, 2.45) is 0 Å². The molecule has 6 heavy (non-hydrogen) atoms. The molecule has 0 aromatic heterocycles. The van der Waals surface area contributed by atoms with E-state index >= 15 is 0 Å². The van der Waals surface area contributed by atoms with Crippen molar-refractivity contribution in [1.29, 1.82) is 0 Å². The molecule has 0 amide bonds. The molecule has 0 rings (SSSR count). The number of carboxylic acid groups (broad SMARTS) is 2. The van der Waals surface area contributed by atoms with Crippen LogP contribution in [0.4, 0.5) is 4.79 Å². The molecule has 0 atom stereocenters. The molecule has 0 radical (unpaired) electrons. The molecule has 0 aliphatic carbocycles. The van der Waals surface area contributed by atoms with Gasteiger partial charge in [0.25, 0.3) is 0 Å². The first-order chi connectivity index (χ1) is 1.73. The van der Waals surface area contributed by atoms with Gasteiger partial charge in [0.15, 0.2) is 0 Å². The van der Waals surface area contributed by atoms with Gasteiger partial charge in [-0.3, -0.25) is 0 Å². The van der Waals surface area contributed by atoms with E-state index in [-0.39, 0.29) is 57.2 Å². The largest absolute Gasteiger partial charge is 1.00 e. The van der Waals surface area contributed by atoms with Gasteiger partial charge in [-0.2, -0.15) is 0 Å². The van der Waals surface area contributed by atoms with Crippen molar-refractivity contribution in [1.82, 2.24) is 0 Å². The van der Waals surface area contributed by atoms with Crippen LogP contribution in [-0.4, -0.2) is 42.6 Å². The second-order valence-electron chi connectivity index (χ2n) is 0.283. The van der Waals surface area contributed by atoms with Crippen LogP contribution in [0.5, 0.6) is 0 Å². The zero-order valence-corrected chi connectivity index (χ0v) is 11.0. The van der Waals surface area contributed by atoms with E-state index in [0.717, 1.165) is 0 Å². The van der Waals surface area contributed by atoms with Crippen molar-refractivity contribution in [3.05, 3.63) is 0 Å². The summed E-state index contributed by atoms with van der Waals surface area (Å²) in [4.78, 5) is 8.56. The summed E-state index contributed by atoms with van der Waals surface area (Å²) in [7, 11) is 0. The van der Waals surface area contributed by atoms with E-state index in [1.807, 2.05) is 0 Å². The van der Waals surface area contributed by atoms with Crippen LogP contribution in [0, 0.1) is 0 Å². The first-order valence-corrected chi connectivity index (χ1v) is 0.651. The molecule has 34 valence electrons. The Hall–Kier alpha value is 1.15. The molecule has 0 bridgehead atoms. The Balaban J connectivity index is -0.0000000150. The van der Waals surface area contributed by atoms with Crippen molar-refractivity contribution in [3.8, 4) is 0 Å². The zero-order valence-electron chi connectivity index (χ0n) is 4.51. The third-order valence-corrected chi connectivity index (χ3v) is 0. The summed E-state index contributed by atoms with van der Waals surface area (Å²) >= 11 is 0. The number of hydrogen-bond acceptors (Lipinski definition) is 1. The van der Waals surface area contributed by atoms with Crippen LogP contribution < -0.4 is 29.6 Å². The molecule has 5 heteroatoms. The second kappa shape index (κ2) is 9.47. The maximum atomic E-state index is 8.56. The standard InChI is InChI=1S/CH2O3.Bi.Na.4H/c2-1(3)4;;;;;;/h(H2,2,3,4);;;;;;/q;;+1;;;;-1. The third-order valence-electron chi connectivity index (χ3n) is 0. The molecule has 2 N–H and O–H groups in total. The Labute approximate surface area is 77.6 Å². The summed E-state index contributed by atoms with van der Waals surface area (Å²) < 4.78 is 0. The molecular formula is CH6BiNaO3. The molecule has 0 saturated heterocycles. The normalized spacial score (nSPS) is 4.00. The van der Waals surface area contributed by atoms with Gasteiger partial charge < -0.3 is 11.6 Å². The maximum absolute atomic E-state index is 8.56. The van der Waals surface area contributed by atoms with E-state index in [1.165, 1.54) is 0 Å². The third kappa shape index (κ3) is 66.8. The van der Waals surface area contributed by atoms with Gasteiger partial charge in [0, 0.05) is 0 Å². The van der Waals surface area contributed by atoms with Crippen LogP contribution in [0.2, 0.25) is 0 Å². The molecule has 3 nitrogen and oxygen atoms in total. The predicted octanol–water partition coefficient (Wildman–Crippen LogP) is -3.85. The summed E-state index contributed by atoms with van der Waals surface area (Å²) in [6.45, 7) is 0. The fourth-order valence-corrected chi connectivity index (χ4v) is 0. The van der Waals surface area contributed by atoms with E-state index in [2.05, 4.69) is 0 Å². The SMILES string of the molecule is O=C(O)O.[BiH3].[H-].[Na+]. The van der Waals surface area contributed by atoms with Gasteiger partial charge in [0.05, 0.1) is 0 Å². The minimum atomic E-state index is -1.83. The first-order valence-electron chi connectivity index (χ1n) is 0.651. The molecule has 0 heterocycles. The Morgan fingerprint density at radius 3 is 1.50 bits per heavy atom. The van der Waals surface area contributed by atoms with Crippen LogP contribution in [0.15, 0.2) is 0 Å². The van der Waals surface area contributed by atoms with Crippen LogP contribution in [-0.2, 0) is 0 Å². The predicted molar refractivity (Wildman–Crippen MR) is 21.7 cm³/mol. The fourth-order valence-electron chi connectivity index (χ4n) is 0. The van der Waals surface area contributed by atoms with E-state index in [1.54, 1.807) is 0 Å². The van der Waals surface area contributed by atoms with Gasteiger partial charge in [-0.05, 0) is 0 Å². The maximum Gasteiger partial charge on any atom is 1.00 e. The number of carbonyl (C=O) groups is 1. The summed E-state index contributed by atoms with van der Waals surface area (Å²) in [5.74, 6) is 0. The molecule has 0 aliphatic rings. The number of hydrogen-bond donors (Lipinski definition) is 2. The van der Waals surface area contributed by atoms with Gasteiger partial charge in [-0.1, -0.05) is 0 Å². The summed E-state index contributed by atoms with van der Waals surface area (Å²) in [6, 6.07) is 0. The van der Waals surface area contributed by atoms with Gasteiger partial charge >= 0.3 is 61.9 Å². The number of rotatable bonds is 0. The Kier molecular flexibility index (Phi) is 24.8. The molecule has 0 spiro atoms. The molecule has 0 aliphatic heterocycles. The van der Waals surface area contributed by atoms with Crippen molar-refractivity contribution in [2.45, 2.75) is 0 Å². The second-order valence-corrected chi connectivity index (χ2v) is 0.283. The smallest absolute Gasteiger partial charge is 1.00 e. The van der Waals surface area contributed by atoms with Crippen LogP contribution in [0.25, 0.3) is 0 Å². The minimum Gasteiger partial charge on any atom is -1.00 e. The molecule has 0 aromatic rings. The Morgan fingerprint density at radius 2 is 1.50 bits per heavy atom. The fraction of sp³-hybridized carbons (Fsp3) is 0. The molecular weight excluding hydrogens is 292 g/mol. The van der Waals surface area contributed by atoms with Crippen molar-refractivity contribution in [3.63, 3.8) is 0 Å². The average molecular weight is 298 g/mol. The van der Waals surface area contributed by atoms with Gasteiger partial charge in [-0.15, -0.1) is 0 Å². The first kappa shape index (κ1) is 15.7. The van der Waals surface area contributed by atoms with Crippen molar-refractivity contribution in [2.75, 3.05) is 0 Å². The molecule has 0 unspecified atom stereocenters. The van der Waals surface area contributed by atoms with Crippen LogP contribution >= 0.6 is 0 Å². The topological polar surface area (TPSA) is 57.5 Å². The van der Waals surface area contributed by atoms with Crippen LogP contribution in [0.3, 0.4) is 0 Å². The van der Waals surface area contributed by atoms with Crippen molar-refractivity contribution >= 4 is 32.4 Å². The van der Waals surface area contributed by atoms with Gasteiger partial charge in [0.1, 0.15) is 0 Å². The Morgan fingerprint density at radius 1 is 1.50 bits per heavy atom. The van der Waals surface area contributed by atoms with E-state index in [4.69, 9.17) is 15.0 Å². The van der Waals surface area contributed by atoms with Gasteiger partial charge in [-0.25, -0.2) is 4.79 Å². The van der Waals surface area contributed by atoms with E-state index in [0.29, 0.717) is 0 Å². The van der Waals surface area contributed by atoms with Crippen LogP contribution in [0.1, 0.15) is 1.43 Å². The monoisotopic (exact) mass is 298 g/mol. The molecule has 0 fully saturated rings. The summed E-state index contributed by atoms with van der Waals surface area (Å²) in [6.07, 6.45) is -1.83. The summed E-state index contributed by atoms with van der Waals surface area (Å²) in [5, 5.41) is 13.9. The van der Waals surface area contributed by atoms with Gasteiger partial charge in [0.2, 0.25) is 0 Å². The molecule has 0 aromatic carbocycles. The molecule has 0 saturated carbocycles.